The molecule has 3 N–H and O–H groups in total. The fourth-order valence-electron chi connectivity index (χ4n) is 3.04. The highest BCUT2D eigenvalue weighted by atomic mass is 32.1. The number of nitrogens with zero attached hydrogens (tertiary/aromatic N) is 3. The Morgan fingerprint density at radius 2 is 2.07 bits per heavy atom. The summed E-state index contributed by atoms with van der Waals surface area (Å²) in [4.78, 5) is 21.4. The monoisotopic (exact) mass is 391 g/mol. The van der Waals surface area contributed by atoms with Crippen LogP contribution in [0.2, 0.25) is 0 Å². The molecule has 7 heteroatoms. The van der Waals surface area contributed by atoms with E-state index >= 15 is 0 Å². The van der Waals surface area contributed by atoms with Crippen LogP contribution >= 0.6 is 11.3 Å². The van der Waals surface area contributed by atoms with Crippen molar-refractivity contribution in [3.63, 3.8) is 0 Å². The Hall–Kier alpha value is -3.03. The highest BCUT2D eigenvalue weighted by Gasteiger charge is 2.09. The number of hydrogen-bond donors (Lipinski definition) is 2. The minimum atomic E-state index is -0.104. The van der Waals surface area contributed by atoms with Crippen LogP contribution in [0, 0.1) is 0 Å². The number of anilines is 1. The van der Waals surface area contributed by atoms with E-state index in [1.54, 1.807) is 41.4 Å². The summed E-state index contributed by atoms with van der Waals surface area (Å²) in [5, 5.41) is 6.42. The molecule has 6 nitrogen and oxygen atoms in total. The van der Waals surface area contributed by atoms with Gasteiger partial charge in [-0.15, -0.1) is 0 Å². The van der Waals surface area contributed by atoms with Gasteiger partial charge in [0.15, 0.2) is 5.13 Å². The number of hydrogen-bond acceptors (Lipinski definition) is 6. The summed E-state index contributed by atoms with van der Waals surface area (Å²) in [6.45, 7) is 0.589. The zero-order valence-electron chi connectivity index (χ0n) is 15.5. The lowest BCUT2D eigenvalue weighted by molar-refractivity contribution is 0.694. The maximum Gasteiger partial charge on any atom is 0.250 e. The number of nitrogens with two attached hydrogens (primary N) is 1. The van der Waals surface area contributed by atoms with Gasteiger partial charge in [-0.2, -0.15) is 0 Å². The van der Waals surface area contributed by atoms with Crippen LogP contribution in [0.15, 0.2) is 66.0 Å². The number of benzene rings is 1. The first-order chi connectivity index (χ1) is 13.6. The van der Waals surface area contributed by atoms with Gasteiger partial charge in [-0.25, -0.2) is 4.98 Å². The maximum atomic E-state index is 11.7. The molecule has 3 heterocycles. The van der Waals surface area contributed by atoms with Gasteiger partial charge >= 0.3 is 0 Å². The summed E-state index contributed by atoms with van der Waals surface area (Å²) >= 11 is 1.60. The van der Waals surface area contributed by atoms with Crippen LogP contribution < -0.4 is 16.6 Å². The summed E-state index contributed by atoms with van der Waals surface area (Å²) in [6, 6.07) is 11.8. The Morgan fingerprint density at radius 1 is 1.18 bits per heavy atom. The standard InChI is InChI=1S/C21H21N5OS/c1-26-7-5-14(9-20(26)27)8-18(22)12-24-21-25-13-19(28-21)16-2-3-17-11-23-6-4-15(17)10-16/h2-7,9-11,13,18H,8,12,22H2,1H3,(H,24,25)/t18-/m0/s1. The van der Waals surface area contributed by atoms with E-state index in [4.69, 9.17) is 5.73 Å². The van der Waals surface area contributed by atoms with Gasteiger partial charge in [0.05, 0.1) is 4.88 Å². The van der Waals surface area contributed by atoms with Crippen molar-refractivity contribution in [2.75, 3.05) is 11.9 Å². The molecule has 0 amide bonds. The Bertz CT molecular complexity index is 1170. The first kappa shape index (κ1) is 18.3. The molecule has 0 radical (unpaired) electrons. The van der Waals surface area contributed by atoms with E-state index < -0.39 is 0 Å². The van der Waals surface area contributed by atoms with Crippen molar-refractivity contribution >= 4 is 27.2 Å². The number of pyridine rings is 2. The van der Waals surface area contributed by atoms with E-state index in [1.807, 2.05) is 24.5 Å². The second kappa shape index (κ2) is 7.92. The molecule has 0 bridgehead atoms. The van der Waals surface area contributed by atoms with Crippen LogP contribution in [0.5, 0.6) is 0 Å². The zero-order chi connectivity index (χ0) is 19.5. The van der Waals surface area contributed by atoms with E-state index in [0.717, 1.165) is 31.9 Å². The van der Waals surface area contributed by atoms with E-state index in [-0.39, 0.29) is 11.6 Å². The first-order valence-corrected chi connectivity index (χ1v) is 9.85. The van der Waals surface area contributed by atoms with Gasteiger partial charge in [0.2, 0.25) is 0 Å². The average molecular weight is 392 g/mol. The van der Waals surface area contributed by atoms with Crippen LogP contribution in [0.3, 0.4) is 0 Å². The molecular weight excluding hydrogens is 370 g/mol. The van der Waals surface area contributed by atoms with Crippen molar-refractivity contribution in [3.8, 4) is 10.4 Å². The van der Waals surface area contributed by atoms with Crippen LogP contribution in [-0.4, -0.2) is 27.1 Å². The van der Waals surface area contributed by atoms with Crippen molar-refractivity contribution in [3.05, 3.63) is 77.1 Å². The summed E-state index contributed by atoms with van der Waals surface area (Å²) in [5.74, 6) is 0. The quantitative estimate of drug-likeness (QED) is 0.528. The van der Waals surface area contributed by atoms with Crippen LogP contribution in [0.25, 0.3) is 21.2 Å². The zero-order valence-corrected chi connectivity index (χ0v) is 16.3. The van der Waals surface area contributed by atoms with Gasteiger partial charge in [-0.1, -0.05) is 23.5 Å². The van der Waals surface area contributed by atoms with Crippen LogP contribution in [-0.2, 0) is 13.5 Å². The molecule has 4 rings (SSSR count). The molecule has 0 aliphatic carbocycles. The van der Waals surface area contributed by atoms with E-state index in [2.05, 4.69) is 33.5 Å². The van der Waals surface area contributed by atoms with Crippen LogP contribution in [0.4, 0.5) is 5.13 Å². The predicted octanol–water partition coefficient (Wildman–Crippen LogP) is 3.04. The van der Waals surface area contributed by atoms with Gasteiger partial charge in [-0.05, 0) is 41.1 Å². The molecule has 28 heavy (non-hydrogen) atoms. The third-order valence-corrected chi connectivity index (χ3v) is 5.62. The molecule has 4 aromatic rings. The maximum absolute atomic E-state index is 11.7. The third-order valence-electron chi connectivity index (χ3n) is 4.61. The first-order valence-electron chi connectivity index (χ1n) is 9.03. The summed E-state index contributed by atoms with van der Waals surface area (Å²) in [7, 11) is 1.74. The van der Waals surface area contributed by atoms with E-state index in [0.29, 0.717) is 13.0 Å². The summed E-state index contributed by atoms with van der Waals surface area (Å²) in [5.41, 5.74) is 8.28. The molecule has 0 aliphatic heterocycles. The van der Waals surface area contributed by atoms with Gasteiger partial charge in [0.1, 0.15) is 0 Å². The highest BCUT2D eigenvalue weighted by Crippen LogP contribution is 2.30. The molecule has 0 saturated heterocycles. The molecular formula is C21H21N5OS. The Labute approximate surface area is 166 Å². The molecule has 0 aliphatic rings. The molecule has 3 aromatic heterocycles. The van der Waals surface area contributed by atoms with Crippen molar-refractivity contribution < 1.29 is 0 Å². The Kier molecular flexibility index (Phi) is 5.18. The number of aromatic nitrogens is 3. The smallest absolute Gasteiger partial charge is 0.250 e. The van der Waals surface area contributed by atoms with Gasteiger partial charge in [0, 0.05) is 55.9 Å². The molecule has 0 saturated carbocycles. The van der Waals surface area contributed by atoms with Crippen LogP contribution in [0.1, 0.15) is 5.56 Å². The normalized spacial score (nSPS) is 12.2. The molecule has 0 spiro atoms. The Balaban J connectivity index is 1.40. The van der Waals surface area contributed by atoms with E-state index in [1.165, 1.54) is 0 Å². The fourth-order valence-corrected chi connectivity index (χ4v) is 3.86. The number of aryl methyl sites for hydroxylation is 1. The van der Waals surface area contributed by atoms with Gasteiger partial charge in [0.25, 0.3) is 5.56 Å². The number of thiazole rings is 1. The number of fused-ring (bicyclic) bond motifs is 1. The summed E-state index contributed by atoms with van der Waals surface area (Å²) in [6.07, 6.45) is 7.95. The van der Waals surface area contributed by atoms with Crippen molar-refractivity contribution in [2.45, 2.75) is 12.5 Å². The second-order valence-electron chi connectivity index (χ2n) is 6.80. The minimum Gasteiger partial charge on any atom is -0.360 e. The largest absolute Gasteiger partial charge is 0.360 e. The van der Waals surface area contributed by atoms with Crippen molar-refractivity contribution in [1.29, 1.82) is 0 Å². The molecule has 0 fully saturated rings. The fraction of sp³-hybridized carbons (Fsp3) is 0.190. The molecule has 1 aromatic carbocycles. The summed E-state index contributed by atoms with van der Waals surface area (Å²) < 4.78 is 1.55. The third kappa shape index (κ3) is 4.11. The molecule has 1 atom stereocenters. The van der Waals surface area contributed by atoms with Gasteiger partial charge < -0.3 is 15.6 Å². The molecule has 0 unspecified atom stereocenters. The highest BCUT2D eigenvalue weighted by molar-refractivity contribution is 7.18. The average Bonchev–Trinajstić information content (AvgIpc) is 3.18. The lowest BCUT2D eigenvalue weighted by Crippen LogP contribution is -2.31. The van der Waals surface area contributed by atoms with E-state index in [9.17, 15) is 4.79 Å². The lowest BCUT2D eigenvalue weighted by Gasteiger charge is -2.12. The topological polar surface area (TPSA) is 85.8 Å². The molecule has 142 valence electrons. The predicted molar refractivity (Wildman–Crippen MR) is 115 cm³/mol. The SMILES string of the molecule is Cn1ccc(C[C@H](N)CNc2ncc(-c3ccc4cnccc4c3)s2)cc1=O. The van der Waals surface area contributed by atoms with Gasteiger partial charge in [-0.3, -0.25) is 9.78 Å². The lowest BCUT2D eigenvalue weighted by atomic mass is 10.1. The second-order valence-corrected chi connectivity index (χ2v) is 7.83. The minimum absolute atomic E-state index is 0.0200. The van der Waals surface area contributed by atoms with Crippen molar-refractivity contribution in [2.24, 2.45) is 12.8 Å². The van der Waals surface area contributed by atoms with Crippen molar-refractivity contribution in [1.82, 2.24) is 14.5 Å². The number of nitrogens with one attached hydrogen (secondary N) is 1. The number of rotatable bonds is 6. The Morgan fingerprint density at radius 3 is 2.93 bits per heavy atom.